The van der Waals surface area contributed by atoms with Gasteiger partial charge < -0.3 is 4.90 Å². The first-order valence-electron chi connectivity index (χ1n) is 6.94. The van der Waals surface area contributed by atoms with Crippen molar-refractivity contribution in [3.63, 3.8) is 0 Å². The van der Waals surface area contributed by atoms with Gasteiger partial charge in [-0.15, -0.1) is 0 Å². The highest BCUT2D eigenvalue weighted by molar-refractivity contribution is 6.30. The van der Waals surface area contributed by atoms with Crippen molar-refractivity contribution in [3.05, 3.63) is 45.9 Å². The van der Waals surface area contributed by atoms with Crippen LogP contribution in [-0.2, 0) is 6.42 Å². The van der Waals surface area contributed by atoms with Crippen molar-refractivity contribution in [3.8, 4) is 0 Å². The third-order valence-electron chi connectivity index (χ3n) is 3.78. The number of hydrogen-bond donors (Lipinski definition) is 0. The monoisotopic (exact) mass is 287 g/mol. The van der Waals surface area contributed by atoms with Gasteiger partial charge in [-0.05, 0) is 45.2 Å². The molecule has 0 saturated carbocycles. The molecule has 0 unspecified atom stereocenters. The van der Waals surface area contributed by atoms with Crippen molar-refractivity contribution >= 4 is 23.1 Å². The molecule has 20 heavy (non-hydrogen) atoms. The van der Waals surface area contributed by atoms with Crippen LogP contribution in [0.25, 0.3) is 0 Å². The molecule has 2 heterocycles. The van der Waals surface area contributed by atoms with Crippen LogP contribution in [0.4, 0.5) is 11.5 Å². The van der Waals surface area contributed by atoms with E-state index in [0.717, 1.165) is 36.6 Å². The minimum absolute atomic E-state index is 0.548. The molecule has 0 aliphatic carbocycles. The summed E-state index contributed by atoms with van der Waals surface area (Å²) in [6, 6.07) is 6.61. The number of rotatable bonds is 1. The van der Waals surface area contributed by atoms with Gasteiger partial charge in [-0.1, -0.05) is 29.3 Å². The molecule has 3 rings (SSSR count). The normalized spacial score (nSPS) is 14.3. The fourth-order valence-electron chi connectivity index (χ4n) is 2.79. The van der Waals surface area contributed by atoms with Gasteiger partial charge in [-0.2, -0.15) is 0 Å². The van der Waals surface area contributed by atoms with Gasteiger partial charge in [0.1, 0.15) is 16.8 Å². The molecular formula is C16H18ClN3. The average molecular weight is 288 g/mol. The zero-order valence-electron chi connectivity index (χ0n) is 12.1. The van der Waals surface area contributed by atoms with Crippen molar-refractivity contribution in [1.29, 1.82) is 0 Å². The van der Waals surface area contributed by atoms with Gasteiger partial charge >= 0.3 is 0 Å². The number of nitrogens with zero attached hydrogens (tertiary/aromatic N) is 3. The number of halogens is 1. The predicted octanol–water partition coefficient (Wildman–Crippen LogP) is 4.14. The van der Waals surface area contributed by atoms with E-state index >= 15 is 0 Å². The molecule has 104 valence electrons. The molecule has 2 aromatic rings. The molecule has 0 saturated heterocycles. The van der Waals surface area contributed by atoms with Crippen molar-refractivity contribution < 1.29 is 0 Å². The van der Waals surface area contributed by atoms with Gasteiger partial charge in [-0.3, -0.25) is 0 Å². The van der Waals surface area contributed by atoms with Crippen molar-refractivity contribution in [1.82, 2.24) is 9.97 Å². The first-order valence-corrected chi connectivity index (χ1v) is 7.32. The molecule has 0 N–H and O–H groups in total. The van der Waals surface area contributed by atoms with Gasteiger partial charge in [0, 0.05) is 17.8 Å². The molecule has 1 aromatic carbocycles. The second-order valence-corrected chi connectivity index (χ2v) is 5.76. The molecule has 0 fully saturated rings. The Hall–Kier alpha value is -1.61. The number of aryl methyl sites for hydroxylation is 3. The fraction of sp³-hybridized carbons (Fsp3) is 0.375. The number of hydrogen-bond acceptors (Lipinski definition) is 3. The highest BCUT2D eigenvalue weighted by Gasteiger charge is 2.22. The van der Waals surface area contributed by atoms with Crippen LogP contribution in [-0.4, -0.2) is 16.5 Å². The average Bonchev–Trinajstić information content (AvgIpc) is 2.42. The van der Waals surface area contributed by atoms with E-state index in [1.54, 1.807) is 0 Å². The third-order valence-corrected chi connectivity index (χ3v) is 4.15. The van der Waals surface area contributed by atoms with E-state index in [-0.39, 0.29) is 0 Å². The summed E-state index contributed by atoms with van der Waals surface area (Å²) in [7, 11) is 0. The van der Waals surface area contributed by atoms with E-state index in [1.807, 2.05) is 13.8 Å². The fourth-order valence-corrected chi connectivity index (χ4v) is 3.00. The lowest BCUT2D eigenvalue weighted by Gasteiger charge is -2.32. The lowest BCUT2D eigenvalue weighted by Crippen LogP contribution is -2.26. The van der Waals surface area contributed by atoms with Gasteiger partial charge in [0.05, 0.1) is 0 Å². The Bertz CT molecular complexity index is 667. The van der Waals surface area contributed by atoms with Crippen molar-refractivity contribution in [2.75, 3.05) is 11.4 Å². The highest BCUT2D eigenvalue weighted by Crippen LogP contribution is 2.35. The minimum Gasteiger partial charge on any atom is -0.326 e. The van der Waals surface area contributed by atoms with Gasteiger partial charge in [0.2, 0.25) is 0 Å². The third kappa shape index (κ3) is 2.27. The summed E-state index contributed by atoms with van der Waals surface area (Å²) in [6.45, 7) is 6.98. The first-order chi connectivity index (χ1) is 9.56. The lowest BCUT2D eigenvalue weighted by atomic mass is 9.99. The van der Waals surface area contributed by atoms with E-state index in [0.29, 0.717) is 5.15 Å². The summed E-state index contributed by atoms with van der Waals surface area (Å²) < 4.78 is 0. The van der Waals surface area contributed by atoms with Crippen molar-refractivity contribution in [2.24, 2.45) is 0 Å². The predicted molar refractivity (Wildman–Crippen MR) is 83.0 cm³/mol. The summed E-state index contributed by atoms with van der Waals surface area (Å²) >= 11 is 6.21. The molecule has 0 radical (unpaired) electrons. The van der Waals surface area contributed by atoms with E-state index in [9.17, 15) is 0 Å². The van der Waals surface area contributed by atoms with E-state index in [1.165, 1.54) is 16.8 Å². The number of anilines is 2. The molecule has 1 aliphatic rings. The molecule has 0 bridgehead atoms. The quantitative estimate of drug-likeness (QED) is 0.738. The molecule has 1 aliphatic heterocycles. The molecular weight excluding hydrogens is 270 g/mol. The summed E-state index contributed by atoms with van der Waals surface area (Å²) in [4.78, 5) is 11.1. The van der Waals surface area contributed by atoms with Gasteiger partial charge in [0.15, 0.2) is 0 Å². The number of aromatic nitrogens is 2. The molecule has 0 amide bonds. The molecule has 0 spiro atoms. The minimum atomic E-state index is 0.548. The topological polar surface area (TPSA) is 29.0 Å². The van der Waals surface area contributed by atoms with Crippen molar-refractivity contribution in [2.45, 2.75) is 33.6 Å². The van der Waals surface area contributed by atoms with Crippen LogP contribution in [0.1, 0.15) is 28.9 Å². The zero-order valence-corrected chi connectivity index (χ0v) is 12.8. The Morgan fingerprint density at radius 3 is 2.75 bits per heavy atom. The largest absolute Gasteiger partial charge is 0.326 e. The van der Waals surface area contributed by atoms with E-state index < -0.39 is 0 Å². The summed E-state index contributed by atoms with van der Waals surface area (Å²) in [5.41, 5.74) is 4.90. The van der Waals surface area contributed by atoms with Crippen LogP contribution in [0.2, 0.25) is 5.15 Å². The number of benzene rings is 1. The maximum Gasteiger partial charge on any atom is 0.141 e. The highest BCUT2D eigenvalue weighted by atomic mass is 35.5. The lowest BCUT2D eigenvalue weighted by molar-refractivity contribution is 0.753. The number of fused-ring (bicyclic) bond motifs is 1. The van der Waals surface area contributed by atoms with Crippen LogP contribution >= 0.6 is 11.6 Å². The second kappa shape index (κ2) is 5.06. The van der Waals surface area contributed by atoms with E-state index in [2.05, 4.69) is 40.0 Å². The van der Waals surface area contributed by atoms with Crippen LogP contribution < -0.4 is 4.90 Å². The first kappa shape index (κ1) is 13.4. The maximum absolute atomic E-state index is 6.21. The molecule has 4 heteroatoms. The Morgan fingerprint density at radius 1 is 1.15 bits per heavy atom. The van der Waals surface area contributed by atoms with Crippen LogP contribution in [0.15, 0.2) is 18.2 Å². The van der Waals surface area contributed by atoms with Gasteiger partial charge in [-0.25, -0.2) is 9.97 Å². The molecule has 3 nitrogen and oxygen atoms in total. The molecule has 0 atom stereocenters. The summed E-state index contributed by atoms with van der Waals surface area (Å²) in [5, 5.41) is 0.548. The Balaban J connectivity index is 2.14. The van der Waals surface area contributed by atoms with E-state index in [4.69, 9.17) is 11.6 Å². The van der Waals surface area contributed by atoms with Crippen LogP contribution in [0.3, 0.4) is 0 Å². The van der Waals surface area contributed by atoms with Crippen LogP contribution in [0, 0.1) is 20.8 Å². The summed E-state index contributed by atoms with van der Waals surface area (Å²) in [5.74, 6) is 1.65. The zero-order chi connectivity index (χ0) is 14.3. The Labute approximate surface area is 124 Å². The Kier molecular flexibility index (Phi) is 3.38. The second-order valence-electron chi connectivity index (χ2n) is 5.40. The maximum atomic E-state index is 6.21. The SMILES string of the molecule is Cc1ccc2c(c1)CCCN2c1nc(C)nc(Cl)c1C. The molecule has 1 aromatic heterocycles. The summed E-state index contributed by atoms with van der Waals surface area (Å²) in [6.07, 6.45) is 2.26. The smallest absolute Gasteiger partial charge is 0.141 e. The van der Waals surface area contributed by atoms with Gasteiger partial charge in [0.25, 0.3) is 0 Å². The Morgan fingerprint density at radius 2 is 1.95 bits per heavy atom. The van der Waals surface area contributed by atoms with Crippen LogP contribution in [0.5, 0.6) is 0 Å². The standard InChI is InChI=1S/C16H18ClN3/c1-10-6-7-14-13(9-10)5-4-8-20(14)16-11(2)15(17)18-12(3)19-16/h6-7,9H,4-5,8H2,1-3H3.